The van der Waals surface area contributed by atoms with Crippen LogP contribution in [0.25, 0.3) is 11.0 Å². The molecule has 4 heterocycles. The van der Waals surface area contributed by atoms with Gasteiger partial charge in [-0.1, -0.05) is 6.92 Å². The average Bonchev–Trinajstić information content (AvgIpc) is 3.46. The zero-order chi connectivity index (χ0) is 28.4. The molecule has 41 heavy (non-hydrogen) atoms. The lowest BCUT2D eigenvalue weighted by molar-refractivity contribution is -0.0439. The van der Waals surface area contributed by atoms with Gasteiger partial charge in [-0.25, -0.2) is 13.4 Å². The molecule has 2 atom stereocenters. The van der Waals surface area contributed by atoms with E-state index in [0.717, 1.165) is 74.9 Å². The van der Waals surface area contributed by atoms with Gasteiger partial charge in [0.05, 0.1) is 18.5 Å². The van der Waals surface area contributed by atoms with Gasteiger partial charge in [-0.3, -0.25) is 9.89 Å². The van der Waals surface area contributed by atoms with E-state index >= 15 is 0 Å². The number of carbonyl (C=O) groups is 1. The van der Waals surface area contributed by atoms with Crippen LogP contribution in [-0.2, 0) is 9.84 Å². The van der Waals surface area contributed by atoms with E-state index in [4.69, 9.17) is 14.5 Å². The molecule has 1 amide bonds. The van der Waals surface area contributed by atoms with Gasteiger partial charge in [0, 0.05) is 42.3 Å². The standard InChI is InChI=1S/C28H35N7O5S/c1-16-7-19(16)14-39-27-30-22(26(36)32-28-10-17(11-28)12-28)9-23(31-27)35-5-3-18(4-6-35)24-21-8-20(40-15-41(2,37)38)13-29-25(21)34-33-24/h8-9,13,16-19H,3-7,10-12,14-15H2,1-2H3,(H,32,36)(H,29,33,34)/t16-,17?,19-,28?/m1/s1. The van der Waals surface area contributed by atoms with Crippen molar-refractivity contribution in [1.29, 1.82) is 0 Å². The van der Waals surface area contributed by atoms with Gasteiger partial charge >= 0.3 is 6.01 Å². The molecule has 0 unspecified atom stereocenters. The SMILES string of the molecule is C[C@@H]1C[C@@H]1COc1nc(C(=O)NC23CC(C2)C3)cc(N2CCC(c3n[nH]c4ncc(OCS(C)(=O)=O)cc34)CC2)n1. The number of H-pyrrole nitrogens is 1. The first-order valence-electron chi connectivity index (χ1n) is 14.4. The van der Waals surface area contributed by atoms with Gasteiger partial charge in [0.2, 0.25) is 0 Å². The van der Waals surface area contributed by atoms with E-state index in [1.54, 1.807) is 12.1 Å². The molecule has 218 valence electrons. The van der Waals surface area contributed by atoms with Gasteiger partial charge in [0.25, 0.3) is 5.91 Å². The van der Waals surface area contributed by atoms with E-state index < -0.39 is 15.8 Å². The third-order valence-corrected chi connectivity index (χ3v) is 9.66. The van der Waals surface area contributed by atoms with E-state index in [9.17, 15) is 13.2 Å². The van der Waals surface area contributed by atoms with Crippen LogP contribution in [0.4, 0.5) is 5.82 Å². The molecule has 4 aliphatic carbocycles. The minimum absolute atomic E-state index is 0.0352. The highest BCUT2D eigenvalue weighted by Gasteiger charge is 2.57. The number of ether oxygens (including phenoxy) is 2. The maximum Gasteiger partial charge on any atom is 0.319 e. The van der Waals surface area contributed by atoms with Crippen LogP contribution in [0, 0.1) is 17.8 Å². The molecule has 8 rings (SSSR count). The van der Waals surface area contributed by atoms with Crippen LogP contribution in [0.5, 0.6) is 11.8 Å². The van der Waals surface area contributed by atoms with Crippen LogP contribution < -0.4 is 19.7 Å². The second-order valence-electron chi connectivity index (χ2n) is 12.5. The lowest BCUT2D eigenvalue weighted by Gasteiger charge is -2.61. The Morgan fingerprint density at radius 2 is 1.93 bits per heavy atom. The highest BCUT2D eigenvalue weighted by molar-refractivity contribution is 7.90. The van der Waals surface area contributed by atoms with Crippen molar-refractivity contribution in [2.75, 3.05) is 36.8 Å². The van der Waals surface area contributed by atoms with Crippen molar-refractivity contribution in [2.45, 2.75) is 56.9 Å². The summed E-state index contributed by atoms with van der Waals surface area (Å²) in [5, 5.41) is 11.6. The number of fused-ring (bicyclic) bond motifs is 1. The minimum atomic E-state index is -3.27. The second kappa shape index (κ2) is 9.81. The molecule has 0 radical (unpaired) electrons. The summed E-state index contributed by atoms with van der Waals surface area (Å²) in [5.74, 6) is 2.64. The van der Waals surface area contributed by atoms with Crippen LogP contribution >= 0.6 is 0 Å². The summed E-state index contributed by atoms with van der Waals surface area (Å²) in [6.45, 7) is 4.22. The normalized spacial score (nSPS) is 27.2. The number of piperidine rings is 1. The van der Waals surface area contributed by atoms with E-state index in [0.29, 0.717) is 41.4 Å². The van der Waals surface area contributed by atoms with Gasteiger partial charge in [-0.05, 0) is 62.3 Å². The summed E-state index contributed by atoms with van der Waals surface area (Å²) in [5.41, 5.74) is 1.84. The highest BCUT2D eigenvalue weighted by Crippen LogP contribution is 2.57. The second-order valence-corrected chi connectivity index (χ2v) is 14.6. The Morgan fingerprint density at radius 3 is 2.59 bits per heavy atom. The summed E-state index contributed by atoms with van der Waals surface area (Å²) in [7, 11) is -3.27. The Labute approximate surface area is 238 Å². The number of rotatable bonds is 10. The van der Waals surface area contributed by atoms with E-state index in [1.165, 1.54) is 6.20 Å². The maximum atomic E-state index is 13.2. The molecule has 5 fully saturated rings. The van der Waals surface area contributed by atoms with Gasteiger partial charge in [0.15, 0.2) is 21.4 Å². The zero-order valence-corrected chi connectivity index (χ0v) is 24.1. The number of nitrogens with one attached hydrogen (secondary N) is 2. The van der Waals surface area contributed by atoms with Crippen molar-refractivity contribution in [3.8, 4) is 11.8 Å². The van der Waals surface area contributed by atoms with Gasteiger partial charge in [-0.2, -0.15) is 15.1 Å². The number of nitrogens with zero attached hydrogens (tertiary/aromatic N) is 5. The molecule has 0 spiro atoms. The van der Waals surface area contributed by atoms with Crippen LogP contribution in [0.2, 0.25) is 0 Å². The first-order chi connectivity index (χ1) is 19.6. The first kappa shape index (κ1) is 26.4. The Bertz CT molecular complexity index is 1580. The van der Waals surface area contributed by atoms with E-state index in [-0.39, 0.29) is 23.4 Å². The lowest BCUT2D eigenvalue weighted by atomic mass is 9.50. The average molecular weight is 582 g/mol. The van der Waals surface area contributed by atoms with Gasteiger partial charge in [-0.15, -0.1) is 0 Å². The first-order valence-corrected chi connectivity index (χ1v) is 16.4. The van der Waals surface area contributed by atoms with Crippen molar-refractivity contribution in [2.24, 2.45) is 17.8 Å². The summed E-state index contributed by atoms with van der Waals surface area (Å²) < 4.78 is 34.4. The van der Waals surface area contributed by atoms with Crippen LogP contribution in [-0.4, -0.2) is 76.9 Å². The topological polar surface area (TPSA) is 152 Å². The summed E-state index contributed by atoms with van der Waals surface area (Å²) in [6.07, 6.45) is 8.61. The summed E-state index contributed by atoms with van der Waals surface area (Å²) in [4.78, 5) is 28.9. The molecule has 4 saturated carbocycles. The van der Waals surface area contributed by atoms with Crippen molar-refractivity contribution in [3.05, 3.63) is 29.7 Å². The van der Waals surface area contributed by atoms with Crippen molar-refractivity contribution in [3.63, 3.8) is 0 Å². The zero-order valence-electron chi connectivity index (χ0n) is 23.3. The molecule has 1 aliphatic heterocycles. The largest absolute Gasteiger partial charge is 0.476 e. The fraction of sp³-hybridized carbons (Fsp3) is 0.607. The predicted octanol–water partition coefficient (Wildman–Crippen LogP) is 2.83. The summed E-state index contributed by atoms with van der Waals surface area (Å²) in [6, 6.07) is 3.84. The van der Waals surface area contributed by atoms with Crippen molar-refractivity contribution in [1.82, 2.24) is 30.5 Å². The smallest absolute Gasteiger partial charge is 0.319 e. The number of aromatic nitrogens is 5. The van der Waals surface area contributed by atoms with Crippen LogP contribution in [0.15, 0.2) is 18.3 Å². The number of carbonyl (C=O) groups excluding carboxylic acids is 1. The number of amides is 1. The highest BCUT2D eigenvalue weighted by atomic mass is 32.2. The third-order valence-electron chi connectivity index (χ3n) is 9.11. The Balaban J connectivity index is 1.06. The predicted molar refractivity (Wildman–Crippen MR) is 151 cm³/mol. The molecule has 13 heteroatoms. The van der Waals surface area contributed by atoms with Crippen molar-refractivity contribution < 1.29 is 22.7 Å². The number of aromatic amines is 1. The van der Waals surface area contributed by atoms with E-state index in [1.807, 2.05) is 0 Å². The van der Waals surface area contributed by atoms with Gasteiger partial charge < -0.3 is 19.7 Å². The molecule has 2 N–H and O–H groups in total. The van der Waals surface area contributed by atoms with E-state index in [2.05, 4.69) is 37.3 Å². The fourth-order valence-corrected chi connectivity index (χ4v) is 6.71. The van der Waals surface area contributed by atoms with Crippen molar-refractivity contribution >= 4 is 32.6 Å². The maximum absolute atomic E-state index is 13.2. The third kappa shape index (κ3) is 5.43. The molecule has 1 saturated heterocycles. The molecule has 3 aromatic rings. The quantitative estimate of drug-likeness (QED) is 0.366. The van der Waals surface area contributed by atoms with Crippen LogP contribution in [0.3, 0.4) is 0 Å². The molecule has 0 aromatic carbocycles. The lowest BCUT2D eigenvalue weighted by Crippen LogP contribution is -2.68. The summed E-state index contributed by atoms with van der Waals surface area (Å²) >= 11 is 0. The van der Waals surface area contributed by atoms with Crippen LogP contribution in [0.1, 0.15) is 67.5 Å². The molecule has 3 aromatic heterocycles. The molecular formula is C28H35N7O5S. The number of hydrogen-bond donors (Lipinski definition) is 2. The number of pyridine rings is 1. The molecule has 12 nitrogen and oxygen atoms in total. The fourth-order valence-electron chi connectivity index (χ4n) is 6.36. The molecule has 5 aliphatic rings. The Morgan fingerprint density at radius 1 is 1.17 bits per heavy atom. The number of hydrogen-bond acceptors (Lipinski definition) is 10. The molecular weight excluding hydrogens is 546 g/mol. The number of sulfone groups is 1. The number of anilines is 1. The minimum Gasteiger partial charge on any atom is -0.476 e. The monoisotopic (exact) mass is 581 g/mol. The Kier molecular flexibility index (Phi) is 6.32. The Hall–Kier alpha value is -3.48. The molecule has 2 bridgehead atoms. The van der Waals surface area contributed by atoms with Gasteiger partial charge in [0.1, 0.15) is 17.3 Å².